The van der Waals surface area contributed by atoms with Gasteiger partial charge in [0, 0.05) is 12.0 Å². The Morgan fingerprint density at radius 3 is 2.71 bits per heavy atom. The quantitative estimate of drug-likeness (QED) is 0.652. The highest BCUT2D eigenvalue weighted by molar-refractivity contribution is 7.90. The lowest BCUT2D eigenvalue weighted by atomic mass is 9.69. The van der Waals surface area contributed by atoms with Crippen molar-refractivity contribution in [3.63, 3.8) is 0 Å². The van der Waals surface area contributed by atoms with Crippen molar-refractivity contribution in [3.05, 3.63) is 6.42 Å². The van der Waals surface area contributed by atoms with Gasteiger partial charge in [-0.05, 0) is 30.6 Å². The number of fused-ring (bicyclic) bond motifs is 1. The lowest BCUT2D eigenvalue weighted by Gasteiger charge is -2.36. The number of sulfonamides is 1. The minimum absolute atomic E-state index is 0.00347. The first-order chi connectivity index (χ1) is 6.40. The van der Waals surface area contributed by atoms with E-state index in [2.05, 4.69) is 25.0 Å². The Kier molecular flexibility index (Phi) is 1.43. The molecule has 1 radical (unpaired) electrons. The van der Waals surface area contributed by atoms with Crippen LogP contribution in [0.15, 0.2) is 0 Å². The summed E-state index contributed by atoms with van der Waals surface area (Å²) < 4.78 is 26.3. The maximum absolute atomic E-state index is 11.8. The molecule has 3 fully saturated rings. The molecule has 2 unspecified atom stereocenters. The molecule has 1 heterocycles. The van der Waals surface area contributed by atoms with Crippen LogP contribution in [0.5, 0.6) is 0 Å². The largest absolute Gasteiger partial charge is 0.215 e. The van der Waals surface area contributed by atoms with Gasteiger partial charge in [0.2, 0.25) is 10.0 Å². The van der Waals surface area contributed by atoms with Crippen LogP contribution in [0.2, 0.25) is 0 Å². The van der Waals surface area contributed by atoms with Gasteiger partial charge in [-0.25, -0.2) is 13.1 Å². The van der Waals surface area contributed by atoms with Gasteiger partial charge in [0.15, 0.2) is 0 Å². The third-order valence-electron chi connectivity index (χ3n) is 4.99. The lowest BCUT2D eigenvalue weighted by molar-refractivity contribution is 0.147. The highest BCUT2D eigenvalue weighted by Gasteiger charge is 2.70. The van der Waals surface area contributed by atoms with Gasteiger partial charge in [0.25, 0.3) is 0 Å². The third kappa shape index (κ3) is 0.735. The minimum Gasteiger partial charge on any atom is -0.214 e. The van der Waals surface area contributed by atoms with Crippen molar-refractivity contribution in [1.29, 1.82) is 0 Å². The highest BCUT2D eigenvalue weighted by atomic mass is 32.2. The fraction of sp³-hybridized carbons (Fsp3) is 0.900. The molecule has 0 amide bonds. The first-order valence-corrected chi connectivity index (χ1v) is 6.78. The third-order valence-corrected chi connectivity index (χ3v) is 6.81. The summed E-state index contributed by atoms with van der Waals surface area (Å²) in [5.74, 6) is 0.504. The summed E-state index contributed by atoms with van der Waals surface area (Å²) in [6, 6.07) is 0. The van der Waals surface area contributed by atoms with Crippen LogP contribution < -0.4 is 4.72 Å². The summed E-state index contributed by atoms with van der Waals surface area (Å²) in [4.78, 5) is 0. The number of hydrogen-bond donors (Lipinski definition) is 1. The lowest BCUT2D eigenvalue weighted by Crippen LogP contribution is -2.38. The van der Waals surface area contributed by atoms with Crippen molar-refractivity contribution in [3.8, 4) is 0 Å². The Morgan fingerprint density at radius 1 is 1.43 bits per heavy atom. The second-order valence-corrected chi connectivity index (χ2v) is 7.39. The number of hydrogen-bond acceptors (Lipinski definition) is 2. The molecule has 3 aliphatic rings. The van der Waals surface area contributed by atoms with Gasteiger partial charge in [-0.2, -0.15) is 0 Å². The van der Waals surface area contributed by atoms with Crippen molar-refractivity contribution in [2.24, 2.45) is 16.7 Å². The van der Waals surface area contributed by atoms with Crippen LogP contribution in [0.4, 0.5) is 0 Å². The first-order valence-electron chi connectivity index (χ1n) is 5.24. The van der Waals surface area contributed by atoms with Crippen molar-refractivity contribution in [2.75, 3.05) is 6.54 Å². The van der Waals surface area contributed by atoms with E-state index in [4.69, 9.17) is 0 Å². The van der Waals surface area contributed by atoms with Crippen LogP contribution in [0.1, 0.15) is 26.7 Å². The first kappa shape index (κ1) is 9.16. The molecule has 1 spiro atoms. The normalized spacial score (nSPS) is 52.1. The molecule has 0 aromatic carbocycles. The summed E-state index contributed by atoms with van der Waals surface area (Å²) in [6.07, 6.45) is 4.32. The van der Waals surface area contributed by atoms with E-state index in [1.807, 2.05) is 0 Å². The Bertz CT molecular complexity index is 387. The topological polar surface area (TPSA) is 46.2 Å². The van der Waals surface area contributed by atoms with Crippen LogP contribution in [0.3, 0.4) is 0 Å². The molecule has 2 bridgehead atoms. The summed E-state index contributed by atoms with van der Waals surface area (Å²) in [5, 5.41) is -0.219. The zero-order valence-corrected chi connectivity index (χ0v) is 9.39. The van der Waals surface area contributed by atoms with Gasteiger partial charge < -0.3 is 0 Å². The Morgan fingerprint density at radius 2 is 2.14 bits per heavy atom. The maximum atomic E-state index is 11.8. The zero-order valence-electron chi connectivity index (χ0n) is 8.58. The molecule has 1 N–H and O–H groups in total. The summed E-state index contributed by atoms with van der Waals surface area (Å²) in [6.45, 7) is 5.10. The molecule has 79 valence electrons. The van der Waals surface area contributed by atoms with E-state index in [9.17, 15) is 8.42 Å². The van der Waals surface area contributed by atoms with Gasteiger partial charge >= 0.3 is 0 Å². The van der Waals surface area contributed by atoms with Crippen molar-refractivity contribution >= 4 is 10.0 Å². The van der Waals surface area contributed by atoms with E-state index in [1.54, 1.807) is 0 Å². The molecule has 3 rings (SSSR count). The molecule has 2 saturated carbocycles. The van der Waals surface area contributed by atoms with Crippen LogP contribution in [0, 0.1) is 23.2 Å². The van der Waals surface area contributed by atoms with Crippen LogP contribution in [-0.4, -0.2) is 20.2 Å². The van der Waals surface area contributed by atoms with Gasteiger partial charge in [0.1, 0.15) is 0 Å². The Labute approximate surface area is 85.3 Å². The molecule has 1 saturated heterocycles. The minimum atomic E-state index is -3.04. The average molecular weight is 214 g/mol. The van der Waals surface area contributed by atoms with E-state index in [-0.39, 0.29) is 16.1 Å². The Balaban J connectivity index is 2.17. The second-order valence-electron chi connectivity index (χ2n) is 5.50. The molecule has 0 aromatic heterocycles. The maximum Gasteiger partial charge on any atom is 0.215 e. The molecule has 2 aliphatic carbocycles. The zero-order chi connectivity index (χ0) is 10.2. The van der Waals surface area contributed by atoms with Gasteiger partial charge in [-0.15, -0.1) is 0 Å². The van der Waals surface area contributed by atoms with E-state index < -0.39 is 10.0 Å². The highest BCUT2D eigenvalue weighted by Crippen LogP contribution is 2.68. The van der Waals surface area contributed by atoms with Gasteiger partial charge in [0.05, 0.1) is 5.25 Å². The monoisotopic (exact) mass is 214 g/mol. The molecule has 0 aromatic rings. The molecule has 3 atom stereocenters. The van der Waals surface area contributed by atoms with E-state index >= 15 is 0 Å². The summed E-state index contributed by atoms with van der Waals surface area (Å²) >= 11 is 0. The van der Waals surface area contributed by atoms with Crippen molar-refractivity contribution < 1.29 is 8.42 Å². The van der Waals surface area contributed by atoms with Crippen LogP contribution >= 0.6 is 0 Å². The standard InChI is InChI=1S/C10H16NO2S/c1-9(2)7-3-4-10(9)6-11-14(12,13)8(10)5-7/h5,7-8,11H,3-4,6H2,1-2H3/t7?,8?,10-/m1/s1. The van der Waals surface area contributed by atoms with E-state index in [0.29, 0.717) is 12.5 Å². The summed E-state index contributed by atoms with van der Waals surface area (Å²) in [7, 11) is -3.04. The molecule has 14 heavy (non-hydrogen) atoms. The Hall–Kier alpha value is -0.0900. The predicted octanol–water partition coefficient (Wildman–Crippen LogP) is 0.928. The SMILES string of the molecule is CC1(C)C2[CH]C3[C@@]1(CC2)CNS3(=O)=O. The molecular weight excluding hydrogens is 198 g/mol. The van der Waals surface area contributed by atoms with Crippen molar-refractivity contribution in [2.45, 2.75) is 31.9 Å². The van der Waals surface area contributed by atoms with E-state index in [0.717, 1.165) is 6.42 Å². The molecule has 4 heteroatoms. The van der Waals surface area contributed by atoms with Gasteiger partial charge in [-0.1, -0.05) is 13.8 Å². The fourth-order valence-electron chi connectivity index (χ4n) is 3.84. The molecule has 3 nitrogen and oxygen atoms in total. The summed E-state index contributed by atoms with van der Waals surface area (Å²) in [5.41, 5.74) is 0.157. The predicted molar refractivity (Wildman–Crippen MR) is 53.9 cm³/mol. The van der Waals surface area contributed by atoms with Crippen LogP contribution in [-0.2, 0) is 10.0 Å². The van der Waals surface area contributed by atoms with Crippen LogP contribution in [0.25, 0.3) is 0 Å². The number of nitrogens with one attached hydrogen (secondary N) is 1. The molecule has 1 aliphatic heterocycles. The van der Waals surface area contributed by atoms with E-state index in [1.165, 1.54) is 6.42 Å². The van der Waals surface area contributed by atoms with Gasteiger partial charge in [-0.3, -0.25) is 0 Å². The van der Waals surface area contributed by atoms with Crippen molar-refractivity contribution in [1.82, 2.24) is 4.72 Å². The fourth-order valence-corrected chi connectivity index (χ4v) is 5.98. The average Bonchev–Trinajstić information content (AvgIpc) is 2.60. The molecular formula is C10H16NO2S. The smallest absolute Gasteiger partial charge is 0.214 e. The number of rotatable bonds is 0. The second kappa shape index (κ2) is 2.19.